The summed E-state index contributed by atoms with van der Waals surface area (Å²) >= 11 is 0. The maximum atomic E-state index is 13.5. The van der Waals surface area contributed by atoms with Crippen LogP contribution in [0.5, 0.6) is 17.2 Å². The molecule has 0 saturated heterocycles. The topological polar surface area (TPSA) is 47.6 Å². The van der Waals surface area contributed by atoms with Crippen molar-refractivity contribution in [2.45, 2.75) is 0 Å². The lowest BCUT2D eigenvalue weighted by molar-refractivity contribution is -0.118. The van der Waals surface area contributed by atoms with Gasteiger partial charge in [0.05, 0.1) is 0 Å². The van der Waals surface area contributed by atoms with Crippen LogP contribution in [-0.2, 0) is 4.79 Å². The largest absolute Gasteiger partial charge is 0.477 e. The Balaban J connectivity index is 1.58. The molecule has 0 bridgehead atoms. The summed E-state index contributed by atoms with van der Waals surface area (Å²) < 4.78 is 63.4. The van der Waals surface area contributed by atoms with Crippen molar-refractivity contribution in [3.05, 3.63) is 83.9 Å². The number of hydrogen-bond acceptors (Lipinski definition) is 3. The fourth-order valence-electron chi connectivity index (χ4n) is 2.24. The molecule has 0 atom stereocenters. The van der Waals surface area contributed by atoms with Gasteiger partial charge in [0.25, 0.3) is 5.91 Å². The van der Waals surface area contributed by atoms with Crippen LogP contribution in [0.4, 0.5) is 23.2 Å². The molecule has 3 aromatic rings. The summed E-state index contributed by atoms with van der Waals surface area (Å²) in [4.78, 5) is 11.9. The third-order valence-corrected chi connectivity index (χ3v) is 3.54. The van der Waals surface area contributed by atoms with Crippen LogP contribution in [0, 0.1) is 23.3 Å². The molecule has 0 saturated carbocycles. The Morgan fingerprint density at radius 2 is 1.39 bits per heavy atom. The Morgan fingerprint density at radius 3 is 2.00 bits per heavy atom. The van der Waals surface area contributed by atoms with Crippen LogP contribution in [0.1, 0.15) is 0 Å². The van der Waals surface area contributed by atoms with Crippen molar-refractivity contribution in [2.75, 3.05) is 11.9 Å². The molecule has 0 unspecified atom stereocenters. The number of halogens is 4. The molecular formula is C20H13F4NO3. The van der Waals surface area contributed by atoms with Crippen molar-refractivity contribution < 1.29 is 31.8 Å². The van der Waals surface area contributed by atoms with Crippen LogP contribution in [-0.4, -0.2) is 12.5 Å². The minimum Gasteiger partial charge on any atom is -0.477 e. The third kappa shape index (κ3) is 4.59. The van der Waals surface area contributed by atoms with E-state index < -0.39 is 41.5 Å². The van der Waals surface area contributed by atoms with Crippen LogP contribution in [0.3, 0.4) is 0 Å². The molecule has 0 aliphatic carbocycles. The quantitative estimate of drug-likeness (QED) is 0.472. The highest BCUT2D eigenvalue weighted by Crippen LogP contribution is 2.26. The molecule has 8 heteroatoms. The highest BCUT2D eigenvalue weighted by Gasteiger charge is 2.21. The maximum absolute atomic E-state index is 13.5. The first kappa shape index (κ1) is 19.2. The van der Waals surface area contributed by atoms with Gasteiger partial charge in [0, 0.05) is 11.8 Å². The maximum Gasteiger partial charge on any atom is 0.262 e. The molecule has 0 spiro atoms. The predicted octanol–water partition coefficient (Wildman–Crippen LogP) is 5.05. The highest BCUT2D eigenvalue weighted by atomic mass is 19.2. The van der Waals surface area contributed by atoms with Crippen molar-refractivity contribution in [2.24, 2.45) is 0 Å². The van der Waals surface area contributed by atoms with E-state index in [4.69, 9.17) is 4.74 Å². The molecule has 4 nitrogen and oxygen atoms in total. The fraction of sp³-hybridized carbons (Fsp3) is 0.0500. The van der Waals surface area contributed by atoms with Gasteiger partial charge >= 0.3 is 0 Å². The van der Waals surface area contributed by atoms with Crippen LogP contribution in [0.15, 0.2) is 60.7 Å². The Hall–Kier alpha value is -3.55. The van der Waals surface area contributed by atoms with E-state index >= 15 is 0 Å². The normalized spacial score (nSPS) is 10.4. The molecule has 0 aliphatic rings. The van der Waals surface area contributed by atoms with Gasteiger partial charge in [-0.1, -0.05) is 18.2 Å². The number of anilines is 1. The van der Waals surface area contributed by atoms with Gasteiger partial charge in [-0.15, -0.1) is 0 Å². The van der Waals surface area contributed by atoms with E-state index in [0.717, 1.165) is 0 Å². The number of ether oxygens (including phenoxy) is 2. The average Bonchev–Trinajstić information content (AvgIpc) is 2.69. The van der Waals surface area contributed by atoms with E-state index in [1.54, 1.807) is 36.4 Å². The van der Waals surface area contributed by atoms with E-state index in [1.807, 2.05) is 18.2 Å². The highest BCUT2D eigenvalue weighted by molar-refractivity contribution is 5.91. The SMILES string of the molecule is O=C(COc1c(F)c(F)cc(F)c1F)Nc1ccc(Oc2ccccc2)cc1. The average molecular weight is 391 g/mol. The molecular weight excluding hydrogens is 378 g/mol. The zero-order valence-corrected chi connectivity index (χ0v) is 14.2. The van der Waals surface area contributed by atoms with Gasteiger partial charge in [-0.3, -0.25) is 4.79 Å². The first-order valence-electron chi connectivity index (χ1n) is 8.02. The lowest BCUT2D eigenvalue weighted by Gasteiger charge is -2.10. The van der Waals surface area contributed by atoms with E-state index in [2.05, 4.69) is 10.1 Å². The molecule has 1 amide bonds. The summed E-state index contributed by atoms with van der Waals surface area (Å²) in [5.74, 6) is -7.58. The zero-order chi connectivity index (χ0) is 20.1. The lowest BCUT2D eigenvalue weighted by atomic mass is 10.3. The van der Waals surface area contributed by atoms with Crippen molar-refractivity contribution in [3.63, 3.8) is 0 Å². The van der Waals surface area contributed by atoms with Gasteiger partial charge in [0.1, 0.15) is 11.5 Å². The molecule has 0 fully saturated rings. The molecule has 144 valence electrons. The van der Waals surface area contributed by atoms with E-state index in [0.29, 0.717) is 17.2 Å². The second-order valence-electron chi connectivity index (χ2n) is 5.57. The number of nitrogens with one attached hydrogen (secondary N) is 1. The third-order valence-electron chi connectivity index (χ3n) is 3.54. The first-order valence-corrected chi connectivity index (χ1v) is 8.02. The molecule has 3 rings (SSSR count). The summed E-state index contributed by atoms with van der Waals surface area (Å²) in [5.41, 5.74) is 0.361. The summed E-state index contributed by atoms with van der Waals surface area (Å²) in [5, 5.41) is 2.42. The van der Waals surface area contributed by atoms with E-state index in [9.17, 15) is 22.4 Å². The standard InChI is InChI=1S/C20H13F4NO3/c21-15-10-16(22)19(24)20(18(15)23)27-11-17(26)25-12-6-8-14(9-7-12)28-13-4-2-1-3-5-13/h1-10H,11H2,(H,25,26). The van der Waals surface area contributed by atoms with Crippen LogP contribution in [0.2, 0.25) is 0 Å². The fourth-order valence-corrected chi connectivity index (χ4v) is 2.24. The summed E-state index contributed by atoms with van der Waals surface area (Å²) in [7, 11) is 0. The van der Waals surface area contributed by atoms with Crippen molar-refractivity contribution >= 4 is 11.6 Å². The zero-order valence-electron chi connectivity index (χ0n) is 14.2. The van der Waals surface area contributed by atoms with Crippen LogP contribution in [0.25, 0.3) is 0 Å². The predicted molar refractivity (Wildman–Crippen MR) is 93.4 cm³/mol. The smallest absolute Gasteiger partial charge is 0.262 e. The number of amides is 1. The Labute approximate surface area is 157 Å². The summed E-state index contributed by atoms with van der Waals surface area (Å²) in [6.45, 7) is -0.848. The number of carbonyl (C=O) groups excluding carboxylic acids is 1. The van der Waals surface area contributed by atoms with Crippen LogP contribution >= 0.6 is 0 Å². The van der Waals surface area contributed by atoms with E-state index in [1.165, 1.54) is 0 Å². The van der Waals surface area contributed by atoms with Gasteiger partial charge < -0.3 is 14.8 Å². The van der Waals surface area contributed by atoms with Gasteiger partial charge in [0.2, 0.25) is 11.6 Å². The number of para-hydroxylation sites is 1. The second kappa shape index (κ2) is 8.43. The van der Waals surface area contributed by atoms with Crippen LogP contribution < -0.4 is 14.8 Å². The molecule has 0 radical (unpaired) electrons. The van der Waals surface area contributed by atoms with Gasteiger partial charge in [-0.25, -0.2) is 8.78 Å². The molecule has 0 aliphatic heterocycles. The van der Waals surface area contributed by atoms with Gasteiger partial charge in [-0.05, 0) is 36.4 Å². The molecule has 28 heavy (non-hydrogen) atoms. The van der Waals surface area contributed by atoms with Crippen molar-refractivity contribution in [3.8, 4) is 17.2 Å². The van der Waals surface area contributed by atoms with Crippen molar-refractivity contribution in [1.29, 1.82) is 0 Å². The summed E-state index contributed by atoms with van der Waals surface area (Å²) in [6.07, 6.45) is 0. The van der Waals surface area contributed by atoms with Gasteiger partial charge in [0.15, 0.2) is 24.0 Å². The minimum atomic E-state index is -1.71. The molecule has 0 heterocycles. The van der Waals surface area contributed by atoms with E-state index in [-0.39, 0.29) is 6.07 Å². The molecule has 1 N–H and O–H groups in total. The van der Waals surface area contributed by atoms with Crippen molar-refractivity contribution in [1.82, 2.24) is 0 Å². The Kier molecular flexibility index (Phi) is 5.78. The summed E-state index contributed by atoms with van der Waals surface area (Å²) in [6, 6.07) is 15.4. The lowest BCUT2D eigenvalue weighted by Crippen LogP contribution is -2.21. The number of rotatable bonds is 6. The minimum absolute atomic E-state index is 0.0522. The monoisotopic (exact) mass is 391 g/mol. The number of carbonyl (C=O) groups is 1. The van der Waals surface area contributed by atoms with Gasteiger partial charge in [-0.2, -0.15) is 8.78 Å². The second-order valence-corrected chi connectivity index (χ2v) is 5.57. The number of benzene rings is 3. The Bertz CT molecular complexity index is 953. The number of hydrogen-bond donors (Lipinski definition) is 1. The molecule has 3 aromatic carbocycles. The first-order chi connectivity index (χ1) is 13.4. The Morgan fingerprint density at radius 1 is 0.821 bits per heavy atom. The molecule has 0 aromatic heterocycles.